The van der Waals surface area contributed by atoms with E-state index in [0.717, 1.165) is 30.6 Å². The van der Waals surface area contributed by atoms with Crippen LogP contribution < -0.4 is 0 Å². The Morgan fingerprint density at radius 3 is 2.42 bits per heavy atom. The van der Waals surface area contributed by atoms with Crippen molar-refractivity contribution < 1.29 is 39.0 Å². The number of amides is 1. The molecule has 202 valence electrons. The molecule has 3 heterocycles. The first-order chi connectivity index (χ1) is 18.3. The summed E-state index contributed by atoms with van der Waals surface area (Å²) >= 11 is 0. The van der Waals surface area contributed by atoms with Gasteiger partial charge in [0.15, 0.2) is 12.0 Å². The van der Waals surface area contributed by atoms with Gasteiger partial charge in [-0.1, -0.05) is 41.5 Å². The summed E-state index contributed by atoms with van der Waals surface area (Å²) in [7, 11) is 0. The summed E-state index contributed by atoms with van der Waals surface area (Å²) in [6, 6.07) is 8.32. The molecule has 11 heteroatoms. The standard InChI is InChI=1S/C27H31N3O8/c31-22(9-8-19-6-2-1-3-7-19)21(16-20(27(35)36)17-23(32)28-12-4-5-13-28)29-14-15-30-24(18-29)37-25(33)10-11-26(34)38-30/h1-3,6-11,21,24,35-36H,4-5,12-18H2/b9-8+,11-10-. The number of nitrogens with zero attached hydrogens (tertiary/aromatic N) is 3. The van der Waals surface area contributed by atoms with Gasteiger partial charge in [0.05, 0.1) is 25.6 Å². The number of ketones is 1. The van der Waals surface area contributed by atoms with Crippen molar-refractivity contribution in [2.24, 2.45) is 0 Å². The molecular weight excluding hydrogens is 494 g/mol. The van der Waals surface area contributed by atoms with E-state index in [2.05, 4.69) is 0 Å². The van der Waals surface area contributed by atoms with Crippen LogP contribution >= 0.6 is 0 Å². The largest absolute Gasteiger partial charge is 0.481 e. The summed E-state index contributed by atoms with van der Waals surface area (Å²) in [5, 5.41) is 21.3. The van der Waals surface area contributed by atoms with E-state index < -0.39 is 30.2 Å². The molecule has 0 aliphatic carbocycles. The van der Waals surface area contributed by atoms with Gasteiger partial charge in [-0.2, -0.15) is 0 Å². The highest BCUT2D eigenvalue weighted by atomic mass is 16.7. The molecule has 38 heavy (non-hydrogen) atoms. The van der Waals surface area contributed by atoms with Crippen LogP contribution in [0.4, 0.5) is 0 Å². The maximum absolute atomic E-state index is 13.5. The SMILES string of the molecule is O=C1/C=C\C(=O)ON2CCN(C(CC(CC(=O)N3CCCC3)=C(O)O)C(=O)/C=C/c3ccccc3)CC2O1. The monoisotopic (exact) mass is 525 g/mol. The molecule has 0 aromatic heterocycles. The van der Waals surface area contributed by atoms with Crippen LogP contribution in [0.2, 0.25) is 0 Å². The van der Waals surface area contributed by atoms with Gasteiger partial charge in [0.25, 0.3) is 5.95 Å². The van der Waals surface area contributed by atoms with E-state index in [1.165, 1.54) is 11.1 Å². The first kappa shape index (κ1) is 27.1. The van der Waals surface area contributed by atoms with E-state index in [1.807, 2.05) is 30.3 Å². The Morgan fingerprint density at radius 2 is 1.71 bits per heavy atom. The molecule has 1 aromatic rings. The van der Waals surface area contributed by atoms with Crippen LogP contribution in [0.25, 0.3) is 6.08 Å². The van der Waals surface area contributed by atoms with E-state index in [1.54, 1.807) is 15.9 Å². The minimum Gasteiger partial charge on any atom is -0.481 e. The third-order valence-electron chi connectivity index (χ3n) is 6.72. The van der Waals surface area contributed by atoms with Crippen molar-refractivity contribution in [3.63, 3.8) is 0 Å². The van der Waals surface area contributed by atoms with Gasteiger partial charge in [-0.05, 0) is 30.9 Å². The number of likely N-dealkylation sites (tertiary alicyclic amines) is 1. The second kappa shape index (κ2) is 12.5. The number of fused-ring (bicyclic) bond motifs is 1. The number of hydrogen-bond donors (Lipinski definition) is 2. The number of carbonyl (C=O) groups is 4. The van der Waals surface area contributed by atoms with Gasteiger partial charge < -0.3 is 24.7 Å². The molecule has 2 N–H and O–H groups in total. The van der Waals surface area contributed by atoms with Gasteiger partial charge in [-0.3, -0.25) is 14.5 Å². The summed E-state index contributed by atoms with van der Waals surface area (Å²) < 4.78 is 5.40. The highest BCUT2D eigenvalue weighted by Gasteiger charge is 2.38. The Kier molecular flexibility index (Phi) is 8.93. The van der Waals surface area contributed by atoms with Crippen molar-refractivity contribution in [2.75, 3.05) is 32.7 Å². The second-order valence-corrected chi connectivity index (χ2v) is 9.33. The van der Waals surface area contributed by atoms with Crippen molar-refractivity contribution in [3.8, 4) is 0 Å². The summed E-state index contributed by atoms with van der Waals surface area (Å²) in [5.74, 6) is -2.99. The summed E-state index contributed by atoms with van der Waals surface area (Å²) in [6.07, 6.45) is 5.48. The Morgan fingerprint density at radius 1 is 1.00 bits per heavy atom. The van der Waals surface area contributed by atoms with E-state index in [-0.39, 0.29) is 49.7 Å². The van der Waals surface area contributed by atoms with Crippen LogP contribution in [0.1, 0.15) is 31.2 Å². The van der Waals surface area contributed by atoms with E-state index in [0.29, 0.717) is 13.1 Å². The summed E-state index contributed by atoms with van der Waals surface area (Å²) in [4.78, 5) is 58.8. The molecule has 4 rings (SSSR count). The van der Waals surface area contributed by atoms with Gasteiger partial charge in [0.2, 0.25) is 5.91 Å². The van der Waals surface area contributed by atoms with Crippen molar-refractivity contribution in [1.82, 2.24) is 14.9 Å². The Labute approximate surface area is 220 Å². The molecular formula is C27H31N3O8. The molecule has 0 spiro atoms. The number of piperazine rings is 1. The van der Waals surface area contributed by atoms with E-state index in [9.17, 15) is 29.4 Å². The van der Waals surface area contributed by atoms with Crippen LogP contribution in [0, 0.1) is 0 Å². The third-order valence-corrected chi connectivity index (χ3v) is 6.72. The van der Waals surface area contributed by atoms with E-state index in [4.69, 9.17) is 9.57 Å². The number of ether oxygens (including phenoxy) is 1. The van der Waals surface area contributed by atoms with Gasteiger partial charge in [-0.25, -0.2) is 9.59 Å². The lowest BCUT2D eigenvalue weighted by molar-refractivity contribution is -0.254. The number of carbonyl (C=O) groups excluding carboxylic acids is 4. The summed E-state index contributed by atoms with van der Waals surface area (Å²) in [5.41, 5.74) is 0.849. The molecule has 1 amide bonds. The summed E-state index contributed by atoms with van der Waals surface area (Å²) in [6.45, 7) is 1.63. The second-order valence-electron chi connectivity index (χ2n) is 9.33. The maximum atomic E-state index is 13.5. The predicted octanol–water partition coefficient (Wildman–Crippen LogP) is 1.88. The average Bonchev–Trinajstić information content (AvgIpc) is 3.44. The quantitative estimate of drug-likeness (QED) is 0.294. The molecule has 2 unspecified atom stereocenters. The highest BCUT2D eigenvalue weighted by molar-refractivity contribution is 5.98. The Hall–Kier alpha value is -3.96. The molecule has 0 radical (unpaired) electrons. The predicted molar refractivity (Wildman–Crippen MR) is 135 cm³/mol. The number of rotatable bonds is 8. The van der Waals surface area contributed by atoms with Crippen molar-refractivity contribution in [1.29, 1.82) is 0 Å². The lowest BCUT2D eigenvalue weighted by Gasteiger charge is -2.41. The first-order valence-electron chi connectivity index (χ1n) is 12.6. The van der Waals surface area contributed by atoms with Gasteiger partial charge in [0, 0.05) is 37.4 Å². The average molecular weight is 526 g/mol. The lowest BCUT2D eigenvalue weighted by atomic mass is 9.97. The first-order valence-corrected chi connectivity index (χ1v) is 12.6. The molecule has 3 aliphatic heterocycles. The smallest absolute Gasteiger partial charge is 0.350 e. The number of hydrogen-bond acceptors (Lipinski definition) is 10. The Balaban J connectivity index is 1.56. The molecule has 2 saturated heterocycles. The van der Waals surface area contributed by atoms with E-state index >= 15 is 0 Å². The van der Waals surface area contributed by atoms with Crippen LogP contribution in [0.5, 0.6) is 0 Å². The molecule has 1 aromatic carbocycles. The molecule has 0 bridgehead atoms. The topological polar surface area (TPSA) is 137 Å². The molecule has 2 atom stereocenters. The van der Waals surface area contributed by atoms with Gasteiger partial charge in [0.1, 0.15) is 0 Å². The van der Waals surface area contributed by atoms with Gasteiger partial charge >= 0.3 is 11.9 Å². The molecule has 11 nitrogen and oxygen atoms in total. The van der Waals surface area contributed by atoms with Crippen LogP contribution in [-0.2, 0) is 28.8 Å². The fourth-order valence-corrected chi connectivity index (χ4v) is 4.69. The fraction of sp³-hybridized carbons (Fsp3) is 0.407. The van der Waals surface area contributed by atoms with Crippen molar-refractivity contribution in [2.45, 2.75) is 38.0 Å². The van der Waals surface area contributed by atoms with Crippen LogP contribution in [0.3, 0.4) is 0 Å². The van der Waals surface area contributed by atoms with Crippen molar-refractivity contribution in [3.05, 3.63) is 65.6 Å². The minimum absolute atomic E-state index is 0.0159. The van der Waals surface area contributed by atoms with Crippen LogP contribution in [0.15, 0.2) is 60.1 Å². The minimum atomic E-state index is -0.988. The number of esters is 1. The Bertz CT molecular complexity index is 1140. The lowest BCUT2D eigenvalue weighted by Crippen LogP contribution is -2.59. The number of aliphatic hydroxyl groups is 2. The molecule has 2 fully saturated rings. The van der Waals surface area contributed by atoms with Crippen molar-refractivity contribution >= 4 is 29.7 Å². The van der Waals surface area contributed by atoms with Gasteiger partial charge in [-0.15, -0.1) is 0 Å². The number of benzene rings is 1. The third kappa shape index (κ3) is 7.08. The zero-order valence-electron chi connectivity index (χ0n) is 20.9. The fourth-order valence-electron chi connectivity index (χ4n) is 4.69. The molecule has 0 saturated carbocycles. The van der Waals surface area contributed by atoms with Crippen LogP contribution in [-0.4, -0.2) is 93.7 Å². The normalized spacial score (nSPS) is 22.1. The maximum Gasteiger partial charge on any atom is 0.350 e. The number of hydroxylamine groups is 2. The zero-order chi connectivity index (χ0) is 27.1. The molecule has 3 aliphatic rings. The zero-order valence-corrected chi connectivity index (χ0v) is 20.9. The number of aliphatic hydroxyl groups excluding tert-OH is 1. The highest BCUT2D eigenvalue weighted by Crippen LogP contribution is 2.24.